The Bertz CT molecular complexity index is 791. The molecule has 6 heteroatoms. The van der Waals surface area contributed by atoms with Gasteiger partial charge in [-0.25, -0.2) is 0 Å². The fraction of sp³-hybridized carbons (Fsp3) is 0.188. The van der Waals surface area contributed by atoms with Crippen molar-refractivity contribution in [3.05, 3.63) is 53.3 Å². The van der Waals surface area contributed by atoms with E-state index >= 15 is 0 Å². The number of aryl methyl sites for hydroxylation is 2. The minimum atomic E-state index is -0.207. The third kappa shape index (κ3) is 3.06. The Kier molecular flexibility index (Phi) is 3.74. The molecule has 0 radical (unpaired) electrons. The van der Waals surface area contributed by atoms with Gasteiger partial charge in [0, 0.05) is 0 Å². The summed E-state index contributed by atoms with van der Waals surface area (Å²) in [5.74, 6) is 0.482. The topological polar surface area (TPSA) is 81.2 Å². The second-order valence-electron chi connectivity index (χ2n) is 5.04. The number of benzene rings is 1. The Balaban J connectivity index is 1.67. The lowest BCUT2D eigenvalue weighted by Crippen LogP contribution is -2.15. The molecule has 2 heterocycles. The van der Waals surface area contributed by atoms with Crippen LogP contribution in [0, 0.1) is 13.8 Å². The van der Waals surface area contributed by atoms with Crippen molar-refractivity contribution in [3.63, 3.8) is 0 Å². The second kappa shape index (κ2) is 5.85. The minimum absolute atomic E-state index is 0.0566. The predicted octanol–water partition coefficient (Wildman–Crippen LogP) is 3.13. The molecular formula is C16H15N3O3. The Morgan fingerprint density at radius 2 is 2.09 bits per heavy atom. The highest BCUT2D eigenvalue weighted by atomic mass is 16.4. The van der Waals surface area contributed by atoms with Crippen LogP contribution < -0.4 is 5.32 Å². The summed E-state index contributed by atoms with van der Waals surface area (Å²) in [5.41, 5.74) is 3.22. The van der Waals surface area contributed by atoms with E-state index in [2.05, 4.69) is 15.5 Å². The molecule has 0 fully saturated rings. The third-order valence-corrected chi connectivity index (χ3v) is 3.25. The fourth-order valence-corrected chi connectivity index (χ4v) is 2.15. The van der Waals surface area contributed by atoms with E-state index in [0.717, 1.165) is 11.1 Å². The van der Waals surface area contributed by atoms with Gasteiger partial charge in [-0.05, 0) is 37.1 Å². The monoisotopic (exact) mass is 297 g/mol. The van der Waals surface area contributed by atoms with Crippen molar-refractivity contribution in [1.29, 1.82) is 0 Å². The van der Waals surface area contributed by atoms with Crippen LogP contribution >= 0.6 is 0 Å². The average Bonchev–Trinajstić information content (AvgIpc) is 3.12. The molecule has 0 saturated heterocycles. The van der Waals surface area contributed by atoms with Crippen molar-refractivity contribution in [2.45, 2.75) is 20.3 Å². The molecule has 0 aliphatic heterocycles. The quantitative estimate of drug-likeness (QED) is 0.800. The van der Waals surface area contributed by atoms with Crippen molar-refractivity contribution in [1.82, 2.24) is 10.2 Å². The maximum Gasteiger partial charge on any atom is 0.322 e. The summed E-state index contributed by atoms with van der Waals surface area (Å²) in [5, 5.41) is 10.2. The highest BCUT2D eigenvalue weighted by molar-refractivity contribution is 5.90. The Hall–Kier alpha value is -2.89. The lowest BCUT2D eigenvalue weighted by molar-refractivity contribution is -0.115. The molecule has 2 aromatic heterocycles. The van der Waals surface area contributed by atoms with Crippen LogP contribution in [0.2, 0.25) is 0 Å². The normalized spacial score (nSPS) is 10.6. The number of nitrogens with zero attached hydrogens (tertiary/aromatic N) is 2. The molecule has 22 heavy (non-hydrogen) atoms. The molecule has 3 aromatic rings. The van der Waals surface area contributed by atoms with Gasteiger partial charge in [0.25, 0.3) is 5.89 Å². The summed E-state index contributed by atoms with van der Waals surface area (Å²) in [7, 11) is 0. The van der Waals surface area contributed by atoms with E-state index in [0.29, 0.717) is 5.76 Å². The van der Waals surface area contributed by atoms with Crippen molar-refractivity contribution in [2.75, 3.05) is 5.32 Å². The molecule has 112 valence electrons. The van der Waals surface area contributed by atoms with Gasteiger partial charge in [-0.1, -0.05) is 28.9 Å². The van der Waals surface area contributed by atoms with Gasteiger partial charge >= 0.3 is 6.01 Å². The molecule has 0 atom stereocenters. The number of nitrogens with one attached hydrogen (secondary N) is 1. The number of aromatic nitrogens is 2. The molecule has 0 unspecified atom stereocenters. The van der Waals surface area contributed by atoms with Crippen LogP contribution in [0.1, 0.15) is 16.7 Å². The minimum Gasteiger partial charge on any atom is -0.459 e. The number of rotatable bonds is 4. The molecule has 0 spiro atoms. The smallest absolute Gasteiger partial charge is 0.322 e. The molecular weight excluding hydrogens is 282 g/mol. The van der Waals surface area contributed by atoms with Crippen LogP contribution in [0.25, 0.3) is 11.7 Å². The molecule has 3 rings (SSSR count). The van der Waals surface area contributed by atoms with Gasteiger partial charge in [0.1, 0.15) is 0 Å². The summed E-state index contributed by atoms with van der Waals surface area (Å²) in [6.07, 6.45) is 1.77. The number of hydrogen-bond acceptors (Lipinski definition) is 5. The van der Waals surface area contributed by atoms with Crippen LogP contribution in [-0.4, -0.2) is 16.1 Å². The van der Waals surface area contributed by atoms with Crippen molar-refractivity contribution in [2.24, 2.45) is 0 Å². The highest BCUT2D eigenvalue weighted by Gasteiger charge is 2.13. The van der Waals surface area contributed by atoms with Crippen LogP contribution in [0.4, 0.5) is 6.01 Å². The number of carbonyl (C=O) groups is 1. The van der Waals surface area contributed by atoms with Crippen LogP contribution in [0.15, 0.2) is 45.4 Å². The van der Waals surface area contributed by atoms with Crippen molar-refractivity contribution < 1.29 is 13.6 Å². The van der Waals surface area contributed by atoms with E-state index in [4.69, 9.17) is 8.83 Å². The number of amides is 1. The molecule has 0 aliphatic carbocycles. The summed E-state index contributed by atoms with van der Waals surface area (Å²) < 4.78 is 10.5. The first-order valence-corrected chi connectivity index (χ1v) is 6.85. The molecule has 6 nitrogen and oxygen atoms in total. The van der Waals surface area contributed by atoms with Gasteiger partial charge in [0.05, 0.1) is 12.7 Å². The number of anilines is 1. The third-order valence-electron chi connectivity index (χ3n) is 3.25. The first-order chi connectivity index (χ1) is 10.6. The summed E-state index contributed by atoms with van der Waals surface area (Å²) in [6.45, 7) is 4.00. The zero-order valence-corrected chi connectivity index (χ0v) is 12.3. The number of furan rings is 1. The fourth-order valence-electron chi connectivity index (χ4n) is 2.15. The van der Waals surface area contributed by atoms with E-state index in [1.165, 1.54) is 11.8 Å². The Labute approximate surface area is 127 Å². The van der Waals surface area contributed by atoms with E-state index in [1.807, 2.05) is 32.0 Å². The van der Waals surface area contributed by atoms with Gasteiger partial charge in [-0.3, -0.25) is 10.1 Å². The molecule has 1 N–H and O–H groups in total. The van der Waals surface area contributed by atoms with Crippen LogP contribution in [0.5, 0.6) is 0 Å². The number of carbonyl (C=O) groups excluding carboxylic acids is 1. The second-order valence-corrected chi connectivity index (χ2v) is 5.04. The molecule has 1 aromatic carbocycles. The lowest BCUT2D eigenvalue weighted by atomic mass is 10.0. The van der Waals surface area contributed by atoms with Crippen LogP contribution in [0.3, 0.4) is 0 Å². The van der Waals surface area contributed by atoms with Gasteiger partial charge in [0.15, 0.2) is 5.76 Å². The van der Waals surface area contributed by atoms with Gasteiger partial charge in [0.2, 0.25) is 5.91 Å². The van der Waals surface area contributed by atoms with Crippen LogP contribution in [-0.2, 0) is 11.2 Å². The summed E-state index contributed by atoms with van der Waals surface area (Å²) >= 11 is 0. The average molecular weight is 297 g/mol. The van der Waals surface area contributed by atoms with E-state index in [1.54, 1.807) is 12.1 Å². The number of hydrogen-bond donors (Lipinski definition) is 1. The van der Waals surface area contributed by atoms with E-state index in [9.17, 15) is 4.79 Å². The molecule has 1 amide bonds. The summed E-state index contributed by atoms with van der Waals surface area (Å²) in [6, 6.07) is 9.46. The van der Waals surface area contributed by atoms with Crippen molar-refractivity contribution in [3.8, 4) is 11.7 Å². The predicted molar refractivity (Wildman–Crippen MR) is 80.2 cm³/mol. The first-order valence-electron chi connectivity index (χ1n) is 6.85. The first kappa shape index (κ1) is 14.1. The zero-order valence-electron chi connectivity index (χ0n) is 12.3. The van der Waals surface area contributed by atoms with E-state index < -0.39 is 0 Å². The van der Waals surface area contributed by atoms with Gasteiger partial charge < -0.3 is 8.83 Å². The Morgan fingerprint density at radius 1 is 1.23 bits per heavy atom. The molecule has 0 aliphatic rings. The van der Waals surface area contributed by atoms with Gasteiger partial charge in [-0.15, -0.1) is 5.10 Å². The maximum absolute atomic E-state index is 12.1. The lowest BCUT2D eigenvalue weighted by Gasteiger charge is -2.06. The van der Waals surface area contributed by atoms with E-state index in [-0.39, 0.29) is 24.2 Å². The standard InChI is InChI=1S/C16H15N3O3/c1-10-5-6-12(11(2)8-10)9-14(20)17-16-19-18-15(22-16)13-4-3-7-21-13/h3-8H,9H2,1-2H3,(H,17,19,20). The van der Waals surface area contributed by atoms with Crippen molar-refractivity contribution >= 4 is 11.9 Å². The van der Waals surface area contributed by atoms with Gasteiger partial charge in [-0.2, -0.15) is 0 Å². The highest BCUT2D eigenvalue weighted by Crippen LogP contribution is 2.20. The largest absolute Gasteiger partial charge is 0.459 e. The zero-order chi connectivity index (χ0) is 15.5. The summed E-state index contributed by atoms with van der Waals surface area (Å²) in [4.78, 5) is 12.1. The SMILES string of the molecule is Cc1ccc(CC(=O)Nc2nnc(-c3ccco3)o2)c(C)c1. The maximum atomic E-state index is 12.1. The molecule has 0 bridgehead atoms. The Morgan fingerprint density at radius 3 is 2.82 bits per heavy atom. The molecule has 0 saturated carbocycles.